The smallest absolute Gasteiger partial charge is 0.240 e. The number of aromatic nitrogens is 2. The molecule has 8 heteroatoms. The number of rotatable bonds is 2. The summed E-state index contributed by atoms with van der Waals surface area (Å²) in [6, 6.07) is 1.59. The van der Waals surface area contributed by atoms with E-state index >= 15 is 0 Å². The van der Waals surface area contributed by atoms with Crippen molar-refractivity contribution >= 4 is 15.9 Å². The van der Waals surface area contributed by atoms with Gasteiger partial charge in [-0.05, 0) is 22.0 Å². The minimum atomic E-state index is -0.0383. The molecule has 0 atom stereocenters. The minimum Gasteiger partial charge on any atom is -0.506 e. The van der Waals surface area contributed by atoms with E-state index < -0.39 is 0 Å². The average Bonchev–Trinajstić information content (AvgIpc) is 3.01. The first-order chi connectivity index (χ1) is 8.70. The number of ether oxygens (including phenoxy) is 2. The molecule has 0 fully saturated rings. The van der Waals surface area contributed by atoms with E-state index in [4.69, 9.17) is 19.7 Å². The number of benzene rings is 1. The number of hydrogen-bond acceptors (Lipinski definition) is 7. The second kappa shape index (κ2) is 4.14. The van der Waals surface area contributed by atoms with Gasteiger partial charge in [-0.25, -0.2) is 0 Å². The van der Waals surface area contributed by atoms with Crippen LogP contribution in [0.25, 0.3) is 11.4 Å². The Kier molecular flexibility index (Phi) is 2.60. The van der Waals surface area contributed by atoms with Gasteiger partial charge in [-0.3, -0.25) is 0 Å². The summed E-state index contributed by atoms with van der Waals surface area (Å²) in [6.45, 7) is 0.247. The summed E-state index contributed by atoms with van der Waals surface area (Å²) in [5, 5.41) is 13.8. The van der Waals surface area contributed by atoms with E-state index in [2.05, 4.69) is 26.1 Å². The molecule has 94 valence electrons. The van der Waals surface area contributed by atoms with Crippen LogP contribution in [0, 0.1) is 0 Å². The second-order valence-corrected chi connectivity index (χ2v) is 4.33. The molecule has 2 aromatic rings. The van der Waals surface area contributed by atoms with Crippen molar-refractivity contribution < 1.29 is 19.1 Å². The molecule has 0 saturated carbocycles. The lowest BCUT2D eigenvalue weighted by Crippen LogP contribution is -1.95. The fourth-order valence-electron chi connectivity index (χ4n) is 1.61. The molecule has 1 aliphatic rings. The van der Waals surface area contributed by atoms with E-state index in [1.807, 2.05) is 0 Å². The van der Waals surface area contributed by atoms with Gasteiger partial charge in [-0.2, -0.15) is 4.98 Å². The van der Waals surface area contributed by atoms with Crippen LogP contribution in [0.4, 0.5) is 0 Å². The minimum absolute atomic E-state index is 0.0383. The van der Waals surface area contributed by atoms with Crippen molar-refractivity contribution in [2.75, 3.05) is 6.79 Å². The van der Waals surface area contributed by atoms with Gasteiger partial charge in [-0.1, -0.05) is 5.16 Å². The number of hydrogen-bond donors (Lipinski definition) is 2. The van der Waals surface area contributed by atoms with Gasteiger partial charge in [-0.15, -0.1) is 0 Å². The van der Waals surface area contributed by atoms with Crippen LogP contribution in [-0.2, 0) is 6.54 Å². The maximum absolute atomic E-state index is 10.1. The van der Waals surface area contributed by atoms with Gasteiger partial charge < -0.3 is 24.8 Å². The molecule has 7 nitrogen and oxygen atoms in total. The maximum Gasteiger partial charge on any atom is 0.240 e. The van der Waals surface area contributed by atoms with Crippen molar-refractivity contribution in [2.45, 2.75) is 6.54 Å². The highest BCUT2D eigenvalue weighted by Crippen LogP contribution is 2.48. The number of phenols is 1. The summed E-state index contributed by atoms with van der Waals surface area (Å²) >= 11 is 3.24. The zero-order chi connectivity index (χ0) is 12.7. The number of aromatic hydroxyl groups is 1. The molecule has 18 heavy (non-hydrogen) atoms. The van der Waals surface area contributed by atoms with E-state index in [0.29, 0.717) is 21.5 Å². The molecule has 0 radical (unpaired) electrons. The van der Waals surface area contributed by atoms with Crippen LogP contribution in [0.15, 0.2) is 15.1 Å². The summed E-state index contributed by atoms with van der Waals surface area (Å²) in [4.78, 5) is 4.05. The van der Waals surface area contributed by atoms with Gasteiger partial charge in [0.1, 0.15) is 10.2 Å². The van der Waals surface area contributed by atoms with Crippen molar-refractivity contribution in [3.8, 4) is 28.6 Å². The molecular formula is C10H8BrN3O4. The Balaban J connectivity index is 2.15. The molecule has 0 saturated heterocycles. The maximum atomic E-state index is 10.1. The highest BCUT2D eigenvalue weighted by Gasteiger charge is 2.25. The highest BCUT2D eigenvalue weighted by atomic mass is 79.9. The van der Waals surface area contributed by atoms with Gasteiger partial charge >= 0.3 is 0 Å². The molecule has 0 bridgehead atoms. The standard InChI is InChI=1S/C10H8BrN3O4/c11-7-8(15)4(1-5-9(7)17-3-16-5)10-13-6(2-12)18-14-10/h1,15H,2-3,12H2. The van der Waals surface area contributed by atoms with E-state index in [-0.39, 0.29) is 30.8 Å². The lowest BCUT2D eigenvalue weighted by atomic mass is 10.1. The molecule has 3 rings (SSSR count). The fraction of sp³-hybridized carbons (Fsp3) is 0.200. The Hall–Kier alpha value is -1.80. The molecule has 0 unspecified atom stereocenters. The Morgan fingerprint density at radius 2 is 2.28 bits per heavy atom. The summed E-state index contributed by atoms with van der Waals surface area (Å²) in [6.07, 6.45) is 0. The van der Waals surface area contributed by atoms with E-state index in [1.54, 1.807) is 6.07 Å². The predicted molar refractivity (Wildman–Crippen MR) is 63.1 cm³/mol. The third kappa shape index (κ3) is 1.61. The Morgan fingerprint density at radius 1 is 1.44 bits per heavy atom. The predicted octanol–water partition coefficient (Wildman–Crippen LogP) is 1.39. The Bertz CT molecular complexity index is 613. The van der Waals surface area contributed by atoms with Crippen LogP contribution < -0.4 is 15.2 Å². The number of nitrogens with zero attached hydrogens (tertiary/aromatic N) is 2. The molecule has 1 aromatic heterocycles. The topological polar surface area (TPSA) is 104 Å². The van der Waals surface area contributed by atoms with Gasteiger partial charge in [0.05, 0.1) is 12.1 Å². The van der Waals surface area contributed by atoms with Crippen molar-refractivity contribution in [3.63, 3.8) is 0 Å². The van der Waals surface area contributed by atoms with Crippen LogP contribution >= 0.6 is 15.9 Å². The average molecular weight is 314 g/mol. The first-order valence-corrected chi connectivity index (χ1v) is 5.84. The molecule has 2 heterocycles. The normalized spacial score (nSPS) is 13.0. The second-order valence-electron chi connectivity index (χ2n) is 3.54. The number of phenolic OH excluding ortho intramolecular Hbond substituents is 1. The molecule has 1 aromatic carbocycles. The quantitative estimate of drug-likeness (QED) is 0.863. The molecular weight excluding hydrogens is 306 g/mol. The monoisotopic (exact) mass is 313 g/mol. The molecule has 0 amide bonds. The lowest BCUT2D eigenvalue weighted by Gasteiger charge is -2.05. The lowest BCUT2D eigenvalue weighted by molar-refractivity contribution is 0.173. The third-order valence-corrected chi connectivity index (χ3v) is 3.20. The van der Waals surface area contributed by atoms with Crippen molar-refractivity contribution in [3.05, 3.63) is 16.4 Å². The van der Waals surface area contributed by atoms with Gasteiger partial charge in [0.2, 0.25) is 18.5 Å². The molecule has 1 aliphatic heterocycles. The van der Waals surface area contributed by atoms with E-state index in [0.717, 1.165) is 0 Å². The zero-order valence-electron chi connectivity index (χ0n) is 9.01. The van der Waals surface area contributed by atoms with Crippen molar-refractivity contribution in [1.82, 2.24) is 10.1 Å². The zero-order valence-corrected chi connectivity index (χ0v) is 10.6. The van der Waals surface area contributed by atoms with Gasteiger partial charge in [0.25, 0.3) is 0 Å². The van der Waals surface area contributed by atoms with Crippen LogP contribution in [0.3, 0.4) is 0 Å². The number of nitrogens with two attached hydrogens (primary N) is 1. The van der Waals surface area contributed by atoms with Crippen LogP contribution in [-0.4, -0.2) is 22.0 Å². The Morgan fingerprint density at radius 3 is 3.00 bits per heavy atom. The Labute approximate surface area is 110 Å². The molecule has 0 aliphatic carbocycles. The van der Waals surface area contributed by atoms with Gasteiger partial charge in [0.15, 0.2) is 11.5 Å². The van der Waals surface area contributed by atoms with Crippen molar-refractivity contribution in [1.29, 1.82) is 0 Å². The third-order valence-electron chi connectivity index (χ3n) is 2.46. The van der Waals surface area contributed by atoms with Crippen LogP contribution in [0.2, 0.25) is 0 Å². The fourth-order valence-corrected chi connectivity index (χ4v) is 2.13. The first-order valence-electron chi connectivity index (χ1n) is 5.04. The van der Waals surface area contributed by atoms with E-state index in [9.17, 15) is 5.11 Å². The van der Waals surface area contributed by atoms with Crippen LogP contribution in [0.5, 0.6) is 17.2 Å². The summed E-state index contributed by atoms with van der Waals surface area (Å²) in [5.74, 6) is 1.46. The number of fused-ring (bicyclic) bond motifs is 1. The van der Waals surface area contributed by atoms with E-state index in [1.165, 1.54) is 0 Å². The van der Waals surface area contributed by atoms with Crippen LogP contribution in [0.1, 0.15) is 5.89 Å². The largest absolute Gasteiger partial charge is 0.506 e. The summed E-state index contributed by atoms with van der Waals surface area (Å²) < 4.78 is 15.8. The van der Waals surface area contributed by atoms with Gasteiger partial charge in [0, 0.05) is 0 Å². The SMILES string of the molecule is NCc1nc(-c2cc3c(c(Br)c2O)OCO3)no1. The first kappa shape index (κ1) is 11.3. The summed E-state index contributed by atoms with van der Waals surface area (Å²) in [7, 11) is 0. The molecule has 3 N–H and O–H groups in total. The van der Waals surface area contributed by atoms with Crippen molar-refractivity contribution in [2.24, 2.45) is 5.73 Å². The highest BCUT2D eigenvalue weighted by molar-refractivity contribution is 9.10. The molecule has 0 spiro atoms. The number of halogens is 1. The summed E-state index contributed by atoms with van der Waals surface area (Å²) in [5.41, 5.74) is 5.77.